The number of carbonyl (C=O) groups excluding carboxylic acids is 1. The highest BCUT2D eigenvalue weighted by Crippen LogP contribution is 1.95. The Kier molecular flexibility index (Phi) is 8.50. The molecule has 0 aliphatic carbocycles. The molecule has 0 aromatic carbocycles. The van der Waals surface area contributed by atoms with Gasteiger partial charge in [0.05, 0.1) is 11.8 Å². The Morgan fingerprint density at radius 1 is 1.64 bits per heavy atom. The summed E-state index contributed by atoms with van der Waals surface area (Å²) in [6.07, 6.45) is 5.10. The quantitative estimate of drug-likeness (QED) is 0.478. The van der Waals surface area contributed by atoms with Crippen molar-refractivity contribution in [1.29, 1.82) is 0 Å². The Labute approximate surface area is 90.4 Å². The van der Waals surface area contributed by atoms with E-state index in [1.54, 1.807) is 11.8 Å². The van der Waals surface area contributed by atoms with E-state index in [2.05, 4.69) is 16.6 Å². The number of amides is 1. The van der Waals surface area contributed by atoms with Crippen molar-refractivity contribution in [2.75, 3.05) is 24.6 Å². The van der Waals surface area contributed by atoms with Crippen molar-refractivity contribution >= 4 is 17.7 Å². The average Bonchev–Trinajstić information content (AvgIpc) is 2.17. The molecule has 0 aromatic rings. The van der Waals surface area contributed by atoms with Crippen LogP contribution in [0.4, 0.5) is 0 Å². The molecule has 0 spiro atoms. The molecule has 3 nitrogen and oxygen atoms in total. The summed E-state index contributed by atoms with van der Waals surface area (Å²) >= 11 is 1.69. The van der Waals surface area contributed by atoms with Crippen LogP contribution in [0.5, 0.6) is 0 Å². The van der Waals surface area contributed by atoms with Crippen molar-refractivity contribution in [3.05, 3.63) is 0 Å². The van der Waals surface area contributed by atoms with Crippen molar-refractivity contribution in [2.24, 2.45) is 0 Å². The van der Waals surface area contributed by atoms with Gasteiger partial charge in [0.1, 0.15) is 0 Å². The number of carbonyl (C=O) groups is 1. The summed E-state index contributed by atoms with van der Waals surface area (Å²) in [5.41, 5.74) is 0. The van der Waals surface area contributed by atoms with Crippen molar-refractivity contribution in [1.82, 2.24) is 10.6 Å². The zero-order valence-electron chi connectivity index (χ0n) is 8.80. The van der Waals surface area contributed by atoms with E-state index in [1.165, 1.54) is 0 Å². The minimum Gasteiger partial charge on any atom is -0.355 e. The van der Waals surface area contributed by atoms with E-state index in [9.17, 15) is 4.79 Å². The predicted molar refractivity (Wildman–Crippen MR) is 62.3 cm³/mol. The van der Waals surface area contributed by atoms with Crippen molar-refractivity contribution in [3.63, 3.8) is 0 Å². The molecule has 1 atom stereocenters. The maximum absolute atomic E-state index is 11.3. The molecular formula is C10H18N2OS. The van der Waals surface area contributed by atoms with Crippen LogP contribution in [0.1, 0.15) is 13.8 Å². The SMILES string of the molecule is C#CCSCCNC(C)C(=O)NCC. The highest BCUT2D eigenvalue weighted by molar-refractivity contribution is 7.99. The van der Waals surface area contributed by atoms with Crippen LogP contribution in [0.25, 0.3) is 0 Å². The van der Waals surface area contributed by atoms with Gasteiger partial charge in [-0.15, -0.1) is 18.2 Å². The number of likely N-dealkylation sites (N-methyl/N-ethyl adjacent to an activating group) is 1. The smallest absolute Gasteiger partial charge is 0.236 e. The standard InChI is InChI=1S/C10H18N2OS/c1-4-7-14-8-6-12-9(3)10(13)11-5-2/h1,9,12H,5-8H2,2-3H3,(H,11,13). The van der Waals surface area contributed by atoms with Gasteiger partial charge < -0.3 is 10.6 Å². The molecule has 0 saturated heterocycles. The van der Waals surface area contributed by atoms with E-state index >= 15 is 0 Å². The fourth-order valence-corrected chi connectivity index (χ4v) is 1.42. The Hall–Kier alpha value is -0.660. The first-order valence-electron chi connectivity index (χ1n) is 4.74. The topological polar surface area (TPSA) is 41.1 Å². The summed E-state index contributed by atoms with van der Waals surface area (Å²) in [6, 6.07) is -0.124. The van der Waals surface area contributed by atoms with Crippen LogP contribution in [-0.4, -0.2) is 36.5 Å². The Morgan fingerprint density at radius 3 is 2.93 bits per heavy atom. The number of terminal acetylenes is 1. The fourth-order valence-electron chi connectivity index (χ4n) is 0.899. The van der Waals surface area contributed by atoms with Crippen molar-refractivity contribution in [3.8, 4) is 12.3 Å². The summed E-state index contributed by atoms with van der Waals surface area (Å²) in [7, 11) is 0. The molecule has 0 aliphatic heterocycles. The van der Waals surface area contributed by atoms with Crippen LogP contribution < -0.4 is 10.6 Å². The summed E-state index contributed by atoms with van der Waals surface area (Å²) in [6.45, 7) is 5.26. The van der Waals surface area contributed by atoms with Gasteiger partial charge in [0.25, 0.3) is 0 Å². The first-order chi connectivity index (χ1) is 6.72. The van der Waals surface area contributed by atoms with Gasteiger partial charge >= 0.3 is 0 Å². The first-order valence-corrected chi connectivity index (χ1v) is 5.90. The van der Waals surface area contributed by atoms with E-state index in [4.69, 9.17) is 6.42 Å². The molecule has 0 saturated carbocycles. The monoisotopic (exact) mass is 214 g/mol. The van der Waals surface area contributed by atoms with Gasteiger partial charge in [-0.2, -0.15) is 0 Å². The van der Waals surface area contributed by atoms with Gasteiger partial charge in [-0.1, -0.05) is 5.92 Å². The van der Waals surface area contributed by atoms with Crippen LogP contribution in [-0.2, 0) is 4.79 Å². The third kappa shape index (κ3) is 6.81. The number of rotatable bonds is 7. The molecule has 0 rings (SSSR count). The number of hydrogen-bond donors (Lipinski definition) is 2. The Balaban J connectivity index is 3.39. The zero-order valence-corrected chi connectivity index (χ0v) is 9.62. The van der Waals surface area contributed by atoms with Gasteiger partial charge in [-0.25, -0.2) is 0 Å². The number of nitrogens with one attached hydrogen (secondary N) is 2. The predicted octanol–water partition coefficient (Wildman–Crippen LogP) is 0.467. The second kappa shape index (κ2) is 8.92. The normalized spacial score (nSPS) is 11.8. The molecule has 0 radical (unpaired) electrons. The van der Waals surface area contributed by atoms with Crippen LogP contribution in [0, 0.1) is 12.3 Å². The van der Waals surface area contributed by atoms with Crippen LogP contribution in [0.3, 0.4) is 0 Å². The second-order valence-electron chi connectivity index (χ2n) is 2.83. The Bertz CT molecular complexity index is 201. The summed E-state index contributed by atoms with van der Waals surface area (Å²) < 4.78 is 0. The van der Waals surface area contributed by atoms with Gasteiger partial charge in [0.2, 0.25) is 5.91 Å². The molecule has 1 amide bonds. The molecule has 0 heterocycles. The third-order valence-electron chi connectivity index (χ3n) is 1.63. The maximum Gasteiger partial charge on any atom is 0.236 e. The Morgan fingerprint density at radius 2 is 2.36 bits per heavy atom. The van der Waals surface area contributed by atoms with Gasteiger partial charge in [-0.05, 0) is 13.8 Å². The average molecular weight is 214 g/mol. The van der Waals surface area contributed by atoms with Crippen LogP contribution in [0.2, 0.25) is 0 Å². The molecule has 80 valence electrons. The maximum atomic E-state index is 11.3. The lowest BCUT2D eigenvalue weighted by molar-refractivity contribution is -0.122. The van der Waals surface area contributed by atoms with Gasteiger partial charge in [-0.3, -0.25) is 4.79 Å². The zero-order chi connectivity index (χ0) is 10.8. The molecule has 1 unspecified atom stereocenters. The molecule has 14 heavy (non-hydrogen) atoms. The highest BCUT2D eigenvalue weighted by atomic mass is 32.2. The minimum absolute atomic E-state index is 0.0504. The van der Waals surface area contributed by atoms with E-state index < -0.39 is 0 Å². The summed E-state index contributed by atoms with van der Waals surface area (Å²) in [5.74, 6) is 4.28. The molecule has 0 bridgehead atoms. The highest BCUT2D eigenvalue weighted by Gasteiger charge is 2.09. The number of thioether (sulfide) groups is 1. The molecule has 0 aliphatic rings. The van der Waals surface area contributed by atoms with Crippen molar-refractivity contribution in [2.45, 2.75) is 19.9 Å². The molecule has 0 fully saturated rings. The second-order valence-corrected chi connectivity index (χ2v) is 3.93. The van der Waals surface area contributed by atoms with E-state index in [0.29, 0.717) is 6.54 Å². The van der Waals surface area contributed by atoms with E-state index in [-0.39, 0.29) is 11.9 Å². The van der Waals surface area contributed by atoms with E-state index in [0.717, 1.165) is 18.1 Å². The summed E-state index contributed by atoms with van der Waals surface area (Å²) in [5, 5.41) is 5.88. The van der Waals surface area contributed by atoms with Crippen molar-refractivity contribution < 1.29 is 4.79 Å². The number of hydrogen-bond acceptors (Lipinski definition) is 3. The van der Waals surface area contributed by atoms with E-state index in [1.807, 2.05) is 13.8 Å². The molecule has 2 N–H and O–H groups in total. The van der Waals surface area contributed by atoms with Gasteiger partial charge in [0.15, 0.2) is 0 Å². The largest absolute Gasteiger partial charge is 0.355 e. The molecular weight excluding hydrogens is 196 g/mol. The molecule has 0 aromatic heterocycles. The minimum atomic E-state index is -0.124. The van der Waals surface area contributed by atoms with Crippen LogP contribution in [0.15, 0.2) is 0 Å². The fraction of sp³-hybridized carbons (Fsp3) is 0.700. The summed E-state index contributed by atoms with van der Waals surface area (Å²) in [4.78, 5) is 11.3. The van der Waals surface area contributed by atoms with Gasteiger partial charge in [0, 0.05) is 18.8 Å². The lowest BCUT2D eigenvalue weighted by atomic mass is 10.3. The first kappa shape index (κ1) is 13.3. The lowest BCUT2D eigenvalue weighted by Crippen LogP contribution is -2.42. The lowest BCUT2D eigenvalue weighted by Gasteiger charge is -2.12. The third-order valence-corrected chi connectivity index (χ3v) is 2.49. The molecule has 4 heteroatoms. The van der Waals surface area contributed by atoms with Crippen LogP contribution >= 0.6 is 11.8 Å².